The summed E-state index contributed by atoms with van der Waals surface area (Å²) in [5.74, 6) is 0.488. The first kappa shape index (κ1) is 22.7. The standard InChI is InChI=1S/C26H25FN4OS/c1-3-20-11-7-8-18(2)25(20)28-24(32)17-33-26-30-29-23(16-19-9-5-4-6-10-19)31(26)22-14-12-21(27)13-15-22/h4-15H,3,16-17H2,1-2H3,(H,28,32). The van der Waals surface area contributed by atoms with Gasteiger partial charge < -0.3 is 5.32 Å². The van der Waals surface area contributed by atoms with Crippen LogP contribution in [0.1, 0.15) is 29.4 Å². The average Bonchev–Trinajstić information content (AvgIpc) is 3.22. The fraction of sp³-hybridized carbons (Fsp3) is 0.192. The lowest BCUT2D eigenvalue weighted by Crippen LogP contribution is -2.16. The molecule has 0 aliphatic carbocycles. The number of carbonyl (C=O) groups excluding carboxylic acids is 1. The lowest BCUT2D eigenvalue weighted by Gasteiger charge is -2.13. The summed E-state index contributed by atoms with van der Waals surface area (Å²) in [5.41, 5.74) is 4.85. The van der Waals surface area contributed by atoms with Crippen LogP contribution in [0.5, 0.6) is 0 Å². The van der Waals surface area contributed by atoms with Gasteiger partial charge in [0.15, 0.2) is 5.16 Å². The molecule has 0 fully saturated rings. The van der Waals surface area contributed by atoms with Gasteiger partial charge in [-0.15, -0.1) is 10.2 Å². The molecule has 0 aliphatic heterocycles. The third-order valence-electron chi connectivity index (χ3n) is 5.33. The zero-order valence-corrected chi connectivity index (χ0v) is 19.4. The summed E-state index contributed by atoms with van der Waals surface area (Å²) in [4.78, 5) is 12.8. The van der Waals surface area contributed by atoms with E-state index < -0.39 is 0 Å². The van der Waals surface area contributed by atoms with Crippen LogP contribution in [-0.4, -0.2) is 26.4 Å². The summed E-state index contributed by atoms with van der Waals surface area (Å²) >= 11 is 1.31. The number of hydrogen-bond donors (Lipinski definition) is 1. The van der Waals surface area contributed by atoms with Crippen molar-refractivity contribution in [2.75, 3.05) is 11.1 Å². The highest BCUT2D eigenvalue weighted by Gasteiger charge is 2.17. The number of aromatic nitrogens is 3. The molecule has 4 aromatic rings. The van der Waals surface area contributed by atoms with Crippen molar-refractivity contribution in [1.29, 1.82) is 0 Å². The predicted molar refractivity (Wildman–Crippen MR) is 130 cm³/mol. The zero-order valence-electron chi connectivity index (χ0n) is 18.6. The minimum atomic E-state index is -0.310. The van der Waals surface area contributed by atoms with E-state index in [2.05, 4.69) is 22.4 Å². The number of benzene rings is 3. The lowest BCUT2D eigenvalue weighted by atomic mass is 10.1. The van der Waals surface area contributed by atoms with E-state index in [-0.39, 0.29) is 17.5 Å². The quantitative estimate of drug-likeness (QED) is 0.348. The summed E-state index contributed by atoms with van der Waals surface area (Å²) in [7, 11) is 0. The van der Waals surface area contributed by atoms with Gasteiger partial charge in [-0.3, -0.25) is 9.36 Å². The molecule has 1 aromatic heterocycles. The first-order chi connectivity index (χ1) is 16.0. The van der Waals surface area contributed by atoms with Crippen molar-refractivity contribution in [1.82, 2.24) is 14.8 Å². The SMILES string of the molecule is CCc1cccc(C)c1NC(=O)CSc1nnc(Cc2ccccc2)n1-c1ccc(F)cc1. The third kappa shape index (κ3) is 5.49. The number of halogens is 1. The Morgan fingerprint density at radius 3 is 2.48 bits per heavy atom. The van der Waals surface area contributed by atoms with Crippen LogP contribution in [0, 0.1) is 12.7 Å². The van der Waals surface area contributed by atoms with E-state index in [9.17, 15) is 9.18 Å². The van der Waals surface area contributed by atoms with E-state index >= 15 is 0 Å². The molecule has 0 unspecified atom stereocenters. The summed E-state index contributed by atoms with van der Waals surface area (Å²) < 4.78 is 15.4. The molecule has 4 rings (SSSR count). The monoisotopic (exact) mass is 460 g/mol. The number of para-hydroxylation sites is 1. The lowest BCUT2D eigenvalue weighted by molar-refractivity contribution is -0.113. The van der Waals surface area contributed by atoms with E-state index in [1.165, 1.54) is 23.9 Å². The second kappa shape index (κ2) is 10.4. The Hall–Kier alpha value is -3.45. The molecule has 3 aromatic carbocycles. The maximum atomic E-state index is 13.5. The number of nitrogens with zero attached hydrogens (tertiary/aromatic N) is 3. The number of aryl methyl sites for hydroxylation is 2. The van der Waals surface area contributed by atoms with Gasteiger partial charge in [-0.2, -0.15) is 0 Å². The van der Waals surface area contributed by atoms with E-state index in [4.69, 9.17) is 0 Å². The molecule has 33 heavy (non-hydrogen) atoms. The molecule has 0 radical (unpaired) electrons. The topological polar surface area (TPSA) is 59.8 Å². The average molecular weight is 461 g/mol. The third-order valence-corrected chi connectivity index (χ3v) is 6.26. The molecule has 7 heteroatoms. The summed E-state index contributed by atoms with van der Waals surface area (Å²) in [6.07, 6.45) is 1.41. The Morgan fingerprint density at radius 2 is 1.76 bits per heavy atom. The van der Waals surface area contributed by atoms with Gasteiger partial charge in [-0.05, 0) is 54.3 Å². The minimum Gasteiger partial charge on any atom is -0.325 e. The van der Waals surface area contributed by atoms with Crippen LogP contribution in [0.2, 0.25) is 0 Å². The smallest absolute Gasteiger partial charge is 0.234 e. The fourth-order valence-corrected chi connectivity index (χ4v) is 4.41. The van der Waals surface area contributed by atoms with E-state index in [1.807, 2.05) is 60.0 Å². The number of nitrogens with one attached hydrogen (secondary N) is 1. The molecule has 1 N–H and O–H groups in total. The van der Waals surface area contributed by atoms with Crippen LogP contribution in [0.25, 0.3) is 5.69 Å². The largest absolute Gasteiger partial charge is 0.325 e. The van der Waals surface area contributed by atoms with E-state index in [0.717, 1.165) is 40.3 Å². The molecule has 5 nitrogen and oxygen atoms in total. The molecule has 1 heterocycles. The Bertz CT molecular complexity index is 1240. The maximum Gasteiger partial charge on any atom is 0.234 e. The molecule has 0 bridgehead atoms. The maximum absolute atomic E-state index is 13.5. The molecule has 1 amide bonds. The molecular formula is C26H25FN4OS. The highest BCUT2D eigenvalue weighted by atomic mass is 32.2. The molecule has 0 atom stereocenters. The Morgan fingerprint density at radius 1 is 1.00 bits per heavy atom. The number of thioether (sulfide) groups is 1. The second-order valence-electron chi connectivity index (χ2n) is 7.67. The molecule has 0 spiro atoms. The first-order valence-electron chi connectivity index (χ1n) is 10.8. The number of anilines is 1. The van der Waals surface area contributed by atoms with Crippen molar-refractivity contribution in [3.63, 3.8) is 0 Å². The van der Waals surface area contributed by atoms with Crippen molar-refractivity contribution < 1.29 is 9.18 Å². The summed E-state index contributed by atoms with van der Waals surface area (Å²) in [6.45, 7) is 4.06. The van der Waals surface area contributed by atoms with Crippen LogP contribution in [0.3, 0.4) is 0 Å². The van der Waals surface area contributed by atoms with Gasteiger partial charge in [0.25, 0.3) is 0 Å². The highest BCUT2D eigenvalue weighted by Crippen LogP contribution is 2.25. The number of hydrogen-bond acceptors (Lipinski definition) is 4. The zero-order chi connectivity index (χ0) is 23.2. The van der Waals surface area contributed by atoms with Crippen LogP contribution < -0.4 is 5.32 Å². The Labute approximate surface area is 197 Å². The number of amides is 1. The number of carbonyl (C=O) groups is 1. The van der Waals surface area contributed by atoms with Crippen molar-refractivity contribution in [3.8, 4) is 5.69 Å². The van der Waals surface area contributed by atoms with E-state index in [0.29, 0.717) is 11.6 Å². The van der Waals surface area contributed by atoms with Crippen molar-refractivity contribution in [3.05, 3.63) is 101 Å². The van der Waals surface area contributed by atoms with Crippen LogP contribution in [0.4, 0.5) is 10.1 Å². The molecule has 0 saturated carbocycles. The number of rotatable bonds is 8. The van der Waals surface area contributed by atoms with Crippen LogP contribution in [-0.2, 0) is 17.6 Å². The Balaban J connectivity index is 1.56. The van der Waals surface area contributed by atoms with Gasteiger partial charge in [-0.1, -0.05) is 67.2 Å². The normalized spacial score (nSPS) is 10.9. The van der Waals surface area contributed by atoms with Gasteiger partial charge in [0.05, 0.1) is 5.75 Å². The van der Waals surface area contributed by atoms with Crippen molar-refractivity contribution in [2.24, 2.45) is 0 Å². The van der Waals surface area contributed by atoms with Crippen molar-refractivity contribution >= 4 is 23.4 Å². The van der Waals surface area contributed by atoms with E-state index in [1.54, 1.807) is 12.1 Å². The highest BCUT2D eigenvalue weighted by molar-refractivity contribution is 7.99. The van der Waals surface area contributed by atoms with Gasteiger partial charge in [0.1, 0.15) is 11.6 Å². The van der Waals surface area contributed by atoms with Crippen molar-refractivity contribution in [2.45, 2.75) is 31.8 Å². The van der Waals surface area contributed by atoms with Gasteiger partial charge in [0.2, 0.25) is 5.91 Å². The van der Waals surface area contributed by atoms with Gasteiger partial charge in [-0.25, -0.2) is 4.39 Å². The first-order valence-corrected chi connectivity index (χ1v) is 11.8. The summed E-state index contributed by atoms with van der Waals surface area (Å²) in [5, 5.41) is 12.4. The molecule has 168 valence electrons. The fourth-order valence-electron chi connectivity index (χ4n) is 3.64. The van der Waals surface area contributed by atoms with Crippen LogP contribution in [0.15, 0.2) is 78.0 Å². The molecule has 0 aliphatic rings. The van der Waals surface area contributed by atoms with Gasteiger partial charge in [0, 0.05) is 17.8 Å². The summed E-state index contributed by atoms with van der Waals surface area (Å²) in [6, 6.07) is 22.2. The predicted octanol–water partition coefficient (Wildman–Crippen LogP) is 5.60. The Kier molecular flexibility index (Phi) is 7.19. The van der Waals surface area contributed by atoms with Gasteiger partial charge >= 0.3 is 0 Å². The van der Waals surface area contributed by atoms with Crippen LogP contribution >= 0.6 is 11.8 Å². The molecule has 0 saturated heterocycles. The minimum absolute atomic E-state index is 0.109. The second-order valence-corrected chi connectivity index (χ2v) is 8.61. The molecular weight excluding hydrogens is 435 g/mol.